The Balaban J connectivity index is 1.31. The molecule has 0 unspecified atom stereocenters. The maximum absolute atomic E-state index is 13.4. The van der Waals surface area contributed by atoms with E-state index in [9.17, 15) is 19.5 Å². The van der Waals surface area contributed by atoms with E-state index in [2.05, 4.69) is 5.32 Å². The van der Waals surface area contributed by atoms with E-state index in [1.807, 2.05) is 54.6 Å². The summed E-state index contributed by atoms with van der Waals surface area (Å²) in [6.45, 7) is 0.610. The summed E-state index contributed by atoms with van der Waals surface area (Å²) >= 11 is 0. The van der Waals surface area contributed by atoms with Crippen molar-refractivity contribution in [1.29, 1.82) is 5.41 Å². The minimum absolute atomic E-state index is 0.00634. The molecule has 0 aliphatic carbocycles. The van der Waals surface area contributed by atoms with Crippen molar-refractivity contribution in [2.75, 3.05) is 16.8 Å². The molecular formula is C32H30N4O4. The van der Waals surface area contributed by atoms with Crippen molar-refractivity contribution in [2.45, 2.75) is 31.7 Å². The second kappa shape index (κ2) is 11.4. The zero-order valence-electron chi connectivity index (χ0n) is 21.9. The molecule has 0 fully saturated rings. The number of nitrogens with one attached hydrogen (secondary N) is 2. The Kier molecular flexibility index (Phi) is 7.59. The largest absolute Gasteiger partial charge is 0.479 e. The van der Waals surface area contributed by atoms with E-state index in [4.69, 9.17) is 11.1 Å². The summed E-state index contributed by atoms with van der Waals surface area (Å²) in [7, 11) is 0. The molecule has 8 nitrogen and oxygen atoms in total. The van der Waals surface area contributed by atoms with Gasteiger partial charge in [0.1, 0.15) is 5.84 Å². The van der Waals surface area contributed by atoms with Crippen molar-refractivity contribution < 1.29 is 19.5 Å². The number of Topliss-reactive ketones (excluding diaryl/α,β-unsaturated/α-hetero) is 1. The van der Waals surface area contributed by atoms with Crippen LogP contribution in [0.25, 0.3) is 10.8 Å². The molecule has 4 aromatic carbocycles. The number of amides is 1. The molecule has 1 atom stereocenters. The van der Waals surface area contributed by atoms with Gasteiger partial charge in [0.05, 0.1) is 0 Å². The number of carbonyl (C=O) groups excluding carboxylic acids is 2. The third-order valence-electron chi connectivity index (χ3n) is 7.27. The number of carboxylic acid groups (broad SMARTS) is 1. The van der Waals surface area contributed by atoms with E-state index < -0.39 is 17.8 Å². The maximum Gasteiger partial charge on any atom is 0.334 e. The van der Waals surface area contributed by atoms with Crippen LogP contribution in [0.1, 0.15) is 39.9 Å². The molecule has 0 radical (unpaired) electrons. The van der Waals surface area contributed by atoms with Crippen LogP contribution in [-0.4, -0.2) is 41.2 Å². The number of nitrogens with zero attached hydrogens (tertiary/aromatic N) is 1. The number of hydrogen-bond donors (Lipinski definition) is 4. The van der Waals surface area contributed by atoms with Crippen molar-refractivity contribution in [3.63, 3.8) is 0 Å². The fraction of sp³-hybridized carbons (Fsp3) is 0.188. The van der Waals surface area contributed by atoms with Crippen molar-refractivity contribution in [3.05, 3.63) is 107 Å². The monoisotopic (exact) mass is 534 g/mol. The highest BCUT2D eigenvalue weighted by Crippen LogP contribution is 2.31. The first-order chi connectivity index (χ1) is 19.3. The normalized spacial score (nSPS) is 13.3. The Bertz CT molecular complexity index is 1610. The molecule has 0 saturated carbocycles. The lowest BCUT2D eigenvalue weighted by Gasteiger charge is -2.30. The molecular weight excluding hydrogens is 504 g/mol. The first kappa shape index (κ1) is 26.6. The molecule has 0 aromatic heterocycles. The molecule has 1 heterocycles. The third-order valence-corrected chi connectivity index (χ3v) is 7.27. The lowest BCUT2D eigenvalue weighted by atomic mass is 9.96. The summed E-state index contributed by atoms with van der Waals surface area (Å²) in [5.74, 6) is -1.76. The number of fused-ring (bicyclic) bond motifs is 2. The smallest absolute Gasteiger partial charge is 0.334 e. The van der Waals surface area contributed by atoms with Gasteiger partial charge in [0, 0.05) is 35.5 Å². The van der Waals surface area contributed by atoms with Crippen molar-refractivity contribution in [3.8, 4) is 0 Å². The number of carboxylic acids is 1. The number of anilines is 2. The van der Waals surface area contributed by atoms with E-state index in [1.54, 1.807) is 35.2 Å². The molecule has 202 valence electrons. The summed E-state index contributed by atoms with van der Waals surface area (Å²) in [6, 6.07) is 23.9. The summed E-state index contributed by atoms with van der Waals surface area (Å²) in [5.41, 5.74) is 9.75. The highest BCUT2D eigenvalue weighted by Gasteiger charge is 2.29. The zero-order valence-corrected chi connectivity index (χ0v) is 21.9. The van der Waals surface area contributed by atoms with E-state index in [0.717, 1.165) is 35.0 Å². The number of amidine groups is 1. The van der Waals surface area contributed by atoms with Gasteiger partial charge in [-0.1, -0.05) is 66.7 Å². The second-order valence-corrected chi connectivity index (χ2v) is 9.91. The van der Waals surface area contributed by atoms with Gasteiger partial charge in [-0.2, -0.15) is 0 Å². The molecule has 5 rings (SSSR count). The molecule has 40 heavy (non-hydrogen) atoms. The van der Waals surface area contributed by atoms with Gasteiger partial charge in [-0.25, -0.2) is 4.79 Å². The van der Waals surface area contributed by atoms with Crippen molar-refractivity contribution in [2.24, 2.45) is 5.73 Å². The average molecular weight is 535 g/mol. The Hall–Kier alpha value is -4.98. The van der Waals surface area contributed by atoms with Gasteiger partial charge in [0.25, 0.3) is 0 Å². The lowest BCUT2D eigenvalue weighted by Crippen LogP contribution is -2.38. The molecule has 1 amide bonds. The highest BCUT2D eigenvalue weighted by molar-refractivity contribution is 6.18. The van der Waals surface area contributed by atoms with Gasteiger partial charge in [0.15, 0.2) is 11.8 Å². The maximum atomic E-state index is 13.4. The minimum Gasteiger partial charge on any atom is -0.479 e. The van der Waals surface area contributed by atoms with E-state index in [0.29, 0.717) is 41.6 Å². The fourth-order valence-corrected chi connectivity index (χ4v) is 5.19. The van der Waals surface area contributed by atoms with Crippen LogP contribution < -0.4 is 16.0 Å². The molecule has 1 aliphatic heterocycles. The van der Waals surface area contributed by atoms with Crippen LogP contribution in [0.5, 0.6) is 0 Å². The predicted octanol–water partition coefficient (Wildman–Crippen LogP) is 4.78. The van der Waals surface area contributed by atoms with Crippen LogP contribution in [0.2, 0.25) is 0 Å². The molecule has 4 aromatic rings. The fourth-order valence-electron chi connectivity index (χ4n) is 5.19. The van der Waals surface area contributed by atoms with Gasteiger partial charge in [-0.3, -0.25) is 15.0 Å². The van der Waals surface area contributed by atoms with Crippen LogP contribution in [0, 0.1) is 5.41 Å². The lowest BCUT2D eigenvalue weighted by molar-refractivity contribution is -0.136. The summed E-state index contributed by atoms with van der Waals surface area (Å²) in [4.78, 5) is 40.5. The molecule has 5 N–H and O–H groups in total. The van der Waals surface area contributed by atoms with Crippen LogP contribution in [-0.2, 0) is 22.4 Å². The van der Waals surface area contributed by atoms with Crippen LogP contribution in [0.3, 0.4) is 0 Å². The number of nitrogens with two attached hydrogens (primary N) is 1. The number of carbonyl (C=O) groups is 3. The molecule has 1 aliphatic rings. The van der Waals surface area contributed by atoms with Gasteiger partial charge in [0.2, 0.25) is 5.91 Å². The number of benzene rings is 4. The Morgan fingerprint density at radius 2 is 1.73 bits per heavy atom. The number of hydrogen-bond acceptors (Lipinski definition) is 5. The quantitative estimate of drug-likeness (QED) is 0.106. The first-order valence-corrected chi connectivity index (χ1v) is 13.2. The third kappa shape index (κ3) is 5.56. The van der Waals surface area contributed by atoms with Crippen LogP contribution >= 0.6 is 0 Å². The molecule has 0 saturated heterocycles. The topological polar surface area (TPSA) is 137 Å². The SMILES string of the molecule is N=C(N)c1ccc(CCC(=O)N2CCCc3cc(N[C@H](C(=O)O)C(=O)c4cccc5ccccc45)ccc32)cc1. The second-order valence-electron chi connectivity index (χ2n) is 9.91. The first-order valence-electron chi connectivity index (χ1n) is 13.2. The standard InChI is InChI=1S/C32H30N4O4/c33-31(34)22-13-10-20(11-14-22)12-17-28(37)36-18-4-7-23-19-24(15-16-27(23)36)35-29(32(39)40)30(38)26-9-3-6-21-5-1-2-8-25(21)26/h1-3,5-6,8-11,13-16,19,29,35H,4,7,12,17-18H2,(H3,33,34)(H,39,40)/t29-/m0/s1. The van der Waals surface area contributed by atoms with Crippen LogP contribution in [0.4, 0.5) is 11.4 Å². The average Bonchev–Trinajstić information content (AvgIpc) is 2.97. The van der Waals surface area contributed by atoms with E-state index in [1.165, 1.54) is 0 Å². The number of rotatable bonds is 9. The minimum atomic E-state index is -1.46. The molecule has 8 heteroatoms. The Labute approximate surface area is 231 Å². The highest BCUT2D eigenvalue weighted by atomic mass is 16.4. The van der Waals surface area contributed by atoms with Crippen molar-refractivity contribution in [1.82, 2.24) is 0 Å². The number of nitrogen functional groups attached to an aromatic ring is 1. The number of aliphatic carboxylic acids is 1. The van der Waals surface area contributed by atoms with Gasteiger partial charge >= 0.3 is 5.97 Å². The number of aryl methyl sites for hydroxylation is 2. The summed E-state index contributed by atoms with van der Waals surface area (Å²) in [6.07, 6.45) is 2.43. The molecule has 0 bridgehead atoms. The van der Waals surface area contributed by atoms with E-state index in [-0.39, 0.29) is 11.7 Å². The Morgan fingerprint density at radius 3 is 2.48 bits per heavy atom. The van der Waals surface area contributed by atoms with Gasteiger partial charge < -0.3 is 21.1 Å². The molecule has 0 spiro atoms. The summed E-state index contributed by atoms with van der Waals surface area (Å²) < 4.78 is 0. The van der Waals surface area contributed by atoms with Gasteiger partial charge in [-0.15, -0.1) is 0 Å². The van der Waals surface area contributed by atoms with E-state index >= 15 is 0 Å². The van der Waals surface area contributed by atoms with Gasteiger partial charge in [-0.05, 0) is 59.4 Å². The zero-order chi connectivity index (χ0) is 28.2. The van der Waals surface area contributed by atoms with Crippen molar-refractivity contribution >= 4 is 45.6 Å². The summed E-state index contributed by atoms with van der Waals surface area (Å²) in [5, 5.41) is 21.9. The van der Waals surface area contributed by atoms with Crippen LogP contribution in [0.15, 0.2) is 84.9 Å². The number of ketones is 1. The Morgan fingerprint density at radius 1 is 0.975 bits per heavy atom. The predicted molar refractivity (Wildman–Crippen MR) is 156 cm³/mol.